The molecular formula is C27H44O2S. The third-order valence-electron chi connectivity index (χ3n) is 7.12. The van der Waals surface area contributed by atoms with E-state index in [9.17, 15) is 5.11 Å². The van der Waals surface area contributed by atoms with Gasteiger partial charge in [0.25, 0.3) is 0 Å². The van der Waals surface area contributed by atoms with Gasteiger partial charge in [-0.3, -0.25) is 0 Å². The summed E-state index contributed by atoms with van der Waals surface area (Å²) in [6.07, 6.45) is 21.3. The number of thioether (sulfide) groups is 1. The molecule has 1 aromatic carbocycles. The van der Waals surface area contributed by atoms with Gasteiger partial charge in [-0.25, -0.2) is 0 Å². The lowest BCUT2D eigenvalue weighted by Gasteiger charge is -2.20. The topological polar surface area (TPSA) is 29.5 Å². The molecule has 0 aliphatic heterocycles. The highest BCUT2D eigenvalue weighted by atomic mass is 32.2. The van der Waals surface area contributed by atoms with E-state index in [1.807, 2.05) is 0 Å². The van der Waals surface area contributed by atoms with E-state index in [0.717, 1.165) is 23.5 Å². The maximum atomic E-state index is 9.53. The zero-order chi connectivity index (χ0) is 20.9. The van der Waals surface area contributed by atoms with Crippen molar-refractivity contribution in [2.45, 2.75) is 113 Å². The van der Waals surface area contributed by atoms with Gasteiger partial charge in [0.05, 0.1) is 6.61 Å². The molecular weight excluding hydrogens is 388 g/mol. The van der Waals surface area contributed by atoms with Crippen LogP contribution in [-0.2, 0) is 0 Å². The molecule has 2 aliphatic carbocycles. The van der Waals surface area contributed by atoms with Gasteiger partial charge in [0.1, 0.15) is 5.75 Å². The number of aliphatic hydroxyl groups is 1. The summed E-state index contributed by atoms with van der Waals surface area (Å²) in [5.74, 6) is 2.33. The minimum absolute atomic E-state index is 0.382. The summed E-state index contributed by atoms with van der Waals surface area (Å²) in [5, 5.41) is 10.3. The highest BCUT2D eigenvalue weighted by Gasteiger charge is 2.15. The molecule has 2 nitrogen and oxygen atoms in total. The fourth-order valence-electron chi connectivity index (χ4n) is 5.10. The van der Waals surface area contributed by atoms with Crippen LogP contribution in [0.15, 0.2) is 29.2 Å². The molecule has 2 fully saturated rings. The van der Waals surface area contributed by atoms with Crippen molar-refractivity contribution in [3.05, 3.63) is 24.3 Å². The largest absolute Gasteiger partial charge is 0.493 e. The molecule has 2 atom stereocenters. The van der Waals surface area contributed by atoms with Crippen LogP contribution in [-0.4, -0.2) is 23.6 Å². The van der Waals surface area contributed by atoms with Crippen molar-refractivity contribution in [1.82, 2.24) is 0 Å². The summed E-state index contributed by atoms with van der Waals surface area (Å²) in [4.78, 5) is 1.39. The van der Waals surface area contributed by atoms with Crippen molar-refractivity contribution in [3.63, 3.8) is 0 Å². The van der Waals surface area contributed by atoms with Gasteiger partial charge in [0.15, 0.2) is 0 Å². The summed E-state index contributed by atoms with van der Waals surface area (Å²) in [6, 6.07) is 8.90. The van der Waals surface area contributed by atoms with Gasteiger partial charge in [-0.15, -0.1) is 11.8 Å². The SMILES string of the molecule is OCC1CCCCCC(Sc2ccc(OCC3CCCCCCC3)cc2)CCCC1. The Kier molecular flexibility index (Phi) is 11.5. The molecule has 3 heteroatoms. The first kappa shape index (κ1) is 24.0. The van der Waals surface area contributed by atoms with Gasteiger partial charge < -0.3 is 9.84 Å². The summed E-state index contributed by atoms with van der Waals surface area (Å²) in [7, 11) is 0. The van der Waals surface area contributed by atoms with Crippen molar-refractivity contribution < 1.29 is 9.84 Å². The second-order valence-electron chi connectivity index (χ2n) is 9.70. The average Bonchev–Trinajstić information content (AvgIpc) is 2.79. The highest BCUT2D eigenvalue weighted by Crippen LogP contribution is 2.33. The summed E-state index contributed by atoms with van der Waals surface area (Å²) in [5.41, 5.74) is 0. The van der Waals surface area contributed by atoms with Gasteiger partial charge in [-0.1, -0.05) is 64.2 Å². The van der Waals surface area contributed by atoms with Gasteiger partial charge >= 0.3 is 0 Å². The van der Waals surface area contributed by atoms with E-state index in [2.05, 4.69) is 36.0 Å². The van der Waals surface area contributed by atoms with E-state index >= 15 is 0 Å². The lowest BCUT2D eigenvalue weighted by molar-refractivity contribution is 0.205. The fraction of sp³-hybridized carbons (Fsp3) is 0.778. The highest BCUT2D eigenvalue weighted by molar-refractivity contribution is 8.00. The fourth-order valence-corrected chi connectivity index (χ4v) is 6.35. The van der Waals surface area contributed by atoms with E-state index in [4.69, 9.17) is 4.74 Å². The maximum Gasteiger partial charge on any atom is 0.119 e. The van der Waals surface area contributed by atoms with E-state index < -0.39 is 0 Å². The van der Waals surface area contributed by atoms with Crippen LogP contribution in [0.1, 0.15) is 103 Å². The van der Waals surface area contributed by atoms with Crippen LogP contribution >= 0.6 is 11.8 Å². The van der Waals surface area contributed by atoms with Crippen molar-refractivity contribution >= 4 is 11.8 Å². The summed E-state index contributed by atoms with van der Waals surface area (Å²) < 4.78 is 6.16. The first-order valence-electron chi connectivity index (χ1n) is 12.8. The monoisotopic (exact) mass is 432 g/mol. The lowest BCUT2D eigenvalue weighted by atomic mass is 9.92. The molecule has 30 heavy (non-hydrogen) atoms. The normalized spacial score (nSPS) is 25.6. The van der Waals surface area contributed by atoms with Crippen LogP contribution in [0.5, 0.6) is 5.75 Å². The molecule has 2 aliphatic rings. The molecule has 2 saturated carbocycles. The van der Waals surface area contributed by atoms with Crippen LogP contribution in [0.3, 0.4) is 0 Å². The standard InChI is InChI=1S/C27H44O2S/c28-21-23-11-7-4-8-15-26(16-10-9-12-23)30-27-19-17-25(18-20-27)29-22-24-13-5-2-1-3-6-14-24/h17-20,23-24,26,28H,1-16,21-22H2. The minimum Gasteiger partial charge on any atom is -0.493 e. The van der Waals surface area contributed by atoms with Gasteiger partial charge in [0, 0.05) is 16.8 Å². The van der Waals surface area contributed by atoms with Crippen LogP contribution < -0.4 is 4.74 Å². The Hall–Kier alpha value is -0.670. The third-order valence-corrected chi connectivity index (χ3v) is 8.47. The van der Waals surface area contributed by atoms with Crippen LogP contribution in [0.25, 0.3) is 0 Å². The number of ether oxygens (including phenoxy) is 1. The molecule has 170 valence electrons. The zero-order valence-corrected chi connectivity index (χ0v) is 19.8. The Morgan fingerprint density at radius 1 is 0.667 bits per heavy atom. The maximum absolute atomic E-state index is 9.53. The second-order valence-corrected chi connectivity index (χ2v) is 11.1. The van der Waals surface area contributed by atoms with Crippen molar-refractivity contribution in [1.29, 1.82) is 0 Å². The number of hydrogen-bond donors (Lipinski definition) is 1. The number of rotatable bonds is 6. The van der Waals surface area contributed by atoms with Crippen LogP contribution in [0.2, 0.25) is 0 Å². The van der Waals surface area contributed by atoms with E-state index in [1.54, 1.807) is 0 Å². The summed E-state index contributed by atoms with van der Waals surface area (Å²) in [6.45, 7) is 1.28. The predicted octanol–water partition coefficient (Wildman–Crippen LogP) is 8.02. The number of hydrogen-bond acceptors (Lipinski definition) is 3. The van der Waals surface area contributed by atoms with E-state index in [-0.39, 0.29) is 0 Å². The molecule has 0 amide bonds. The first-order chi connectivity index (χ1) is 14.8. The molecule has 0 radical (unpaired) electrons. The molecule has 0 spiro atoms. The average molecular weight is 433 g/mol. The molecule has 0 aromatic heterocycles. The smallest absolute Gasteiger partial charge is 0.119 e. The summed E-state index contributed by atoms with van der Waals surface area (Å²) >= 11 is 2.07. The van der Waals surface area contributed by atoms with Gasteiger partial charge in [-0.05, 0) is 74.6 Å². The molecule has 1 aromatic rings. The minimum atomic E-state index is 0.382. The van der Waals surface area contributed by atoms with E-state index in [0.29, 0.717) is 12.5 Å². The Balaban J connectivity index is 1.43. The molecule has 1 N–H and O–H groups in total. The molecule has 2 unspecified atom stereocenters. The lowest BCUT2D eigenvalue weighted by Crippen LogP contribution is -2.13. The molecule has 0 heterocycles. The van der Waals surface area contributed by atoms with Crippen molar-refractivity contribution in [3.8, 4) is 5.75 Å². The molecule has 3 rings (SSSR count). The molecule has 0 bridgehead atoms. The predicted molar refractivity (Wildman–Crippen MR) is 130 cm³/mol. The Morgan fingerprint density at radius 3 is 1.83 bits per heavy atom. The van der Waals surface area contributed by atoms with Gasteiger partial charge in [-0.2, -0.15) is 0 Å². The first-order valence-corrected chi connectivity index (χ1v) is 13.7. The van der Waals surface area contributed by atoms with Gasteiger partial charge in [0.2, 0.25) is 0 Å². The third kappa shape index (κ3) is 9.22. The Morgan fingerprint density at radius 2 is 1.17 bits per heavy atom. The molecule has 0 saturated heterocycles. The van der Waals surface area contributed by atoms with E-state index in [1.165, 1.54) is 108 Å². The second kappa shape index (κ2) is 14.4. The van der Waals surface area contributed by atoms with Crippen molar-refractivity contribution in [2.75, 3.05) is 13.2 Å². The van der Waals surface area contributed by atoms with Crippen LogP contribution in [0, 0.1) is 11.8 Å². The number of aliphatic hydroxyl groups excluding tert-OH is 1. The number of benzene rings is 1. The Bertz CT molecular complexity index is 550. The van der Waals surface area contributed by atoms with Crippen molar-refractivity contribution in [2.24, 2.45) is 11.8 Å². The quantitative estimate of drug-likeness (QED) is 0.493. The van der Waals surface area contributed by atoms with Crippen LogP contribution in [0.4, 0.5) is 0 Å². The Labute approximate surface area is 189 Å². The zero-order valence-electron chi connectivity index (χ0n) is 19.0.